The van der Waals surface area contributed by atoms with Crippen molar-refractivity contribution in [3.8, 4) is 5.69 Å². The molecule has 3 aromatic rings. The Hall–Kier alpha value is -3.48. The van der Waals surface area contributed by atoms with E-state index in [1.54, 1.807) is 26.0 Å². The fourth-order valence-corrected chi connectivity index (χ4v) is 3.29. The second-order valence-electron chi connectivity index (χ2n) is 8.30. The van der Waals surface area contributed by atoms with Crippen LogP contribution in [0, 0.1) is 6.92 Å². The summed E-state index contributed by atoms with van der Waals surface area (Å²) in [5, 5.41) is 6.84. The van der Waals surface area contributed by atoms with Gasteiger partial charge in [0.25, 0.3) is 11.5 Å². The molecule has 0 fully saturated rings. The fourth-order valence-electron chi connectivity index (χ4n) is 3.29. The van der Waals surface area contributed by atoms with Crippen molar-refractivity contribution in [2.45, 2.75) is 53.1 Å². The molecule has 1 aromatic heterocycles. The van der Waals surface area contributed by atoms with Gasteiger partial charge in [0.2, 0.25) is 5.69 Å². The van der Waals surface area contributed by atoms with Gasteiger partial charge in [-0.1, -0.05) is 55.8 Å². The summed E-state index contributed by atoms with van der Waals surface area (Å²) in [6.45, 7) is 9.74. The molecule has 7 nitrogen and oxygen atoms in total. The second-order valence-corrected chi connectivity index (χ2v) is 8.30. The average Bonchev–Trinajstić information content (AvgIpc) is 2.71. The normalized spacial score (nSPS) is 11.2. The first kappa shape index (κ1) is 22.2. The zero-order valence-corrected chi connectivity index (χ0v) is 18.5. The van der Waals surface area contributed by atoms with Gasteiger partial charge in [-0.25, -0.2) is 4.79 Å². The van der Waals surface area contributed by atoms with Crippen molar-refractivity contribution in [1.82, 2.24) is 19.7 Å². The Bertz CT molecular complexity index is 1200. The molecule has 0 saturated heterocycles. The highest BCUT2D eigenvalue weighted by molar-refractivity contribution is 5.91. The maximum Gasteiger partial charge on any atom is 0.352 e. The number of benzene rings is 2. The van der Waals surface area contributed by atoms with Crippen molar-refractivity contribution >= 4 is 5.91 Å². The highest BCUT2D eigenvalue weighted by Gasteiger charge is 2.21. The first-order valence-corrected chi connectivity index (χ1v) is 10.4. The lowest BCUT2D eigenvalue weighted by atomic mass is 10.0. The van der Waals surface area contributed by atoms with Crippen LogP contribution in [-0.4, -0.2) is 26.3 Å². The zero-order chi connectivity index (χ0) is 22.7. The summed E-state index contributed by atoms with van der Waals surface area (Å²) in [5.74, 6) is -0.271. The minimum atomic E-state index is -0.709. The molecule has 3 rings (SSSR count). The van der Waals surface area contributed by atoms with Gasteiger partial charge in [0, 0.05) is 6.04 Å². The molecule has 0 aliphatic rings. The lowest BCUT2D eigenvalue weighted by molar-refractivity contribution is 0.0933. The van der Waals surface area contributed by atoms with E-state index < -0.39 is 17.2 Å². The third kappa shape index (κ3) is 4.99. The number of amides is 1. The zero-order valence-electron chi connectivity index (χ0n) is 18.5. The molecule has 1 heterocycles. The molecule has 0 atom stereocenters. The minimum Gasteiger partial charge on any atom is -0.348 e. The molecule has 1 amide bonds. The number of hydrogen-bond acceptors (Lipinski definition) is 4. The van der Waals surface area contributed by atoms with E-state index in [9.17, 15) is 14.4 Å². The van der Waals surface area contributed by atoms with Crippen LogP contribution in [0.4, 0.5) is 0 Å². The molecule has 0 aliphatic carbocycles. The van der Waals surface area contributed by atoms with Gasteiger partial charge in [0.15, 0.2) is 0 Å². The Balaban J connectivity index is 2.19. The molecule has 0 aliphatic heterocycles. The number of rotatable bonds is 6. The molecule has 7 heteroatoms. The van der Waals surface area contributed by atoms with E-state index in [4.69, 9.17) is 0 Å². The van der Waals surface area contributed by atoms with Crippen molar-refractivity contribution in [1.29, 1.82) is 0 Å². The van der Waals surface area contributed by atoms with Crippen LogP contribution in [0.3, 0.4) is 0 Å². The number of aromatic nitrogens is 3. The third-order valence-electron chi connectivity index (χ3n) is 4.92. The maximum atomic E-state index is 13.2. The van der Waals surface area contributed by atoms with Gasteiger partial charge in [-0.05, 0) is 49.9 Å². The number of carbonyl (C=O) groups excluding carboxylic acids is 1. The molecule has 31 heavy (non-hydrogen) atoms. The number of aryl methyl sites for hydroxylation is 1. The van der Waals surface area contributed by atoms with Crippen LogP contribution in [-0.2, 0) is 6.54 Å². The summed E-state index contributed by atoms with van der Waals surface area (Å²) in [5.41, 5.74) is 1.80. The topological polar surface area (TPSA) is 86.0 Å². The summed E-state index contributed by atoms with van der Waals surface area (Å²) in [4.78, 5) is 39.0. The van der Waals surface area contributed by atoms with Gasteiger partial charge in [-0.2, -0.15) is 9.78 Å². The van der Waals surface area contributed by atoms with Crippen molar-refractivity contribution in [3.63, 3.8) is 0 Å². The first-order chi connectivity index (χ1) is 14.7. The van der Waals surface area contributed by atoms with E-state index >= 15 is 0 Å². The number of hydrogen-bond donors (Lipinski definition) is 1. The molecule has 0 saturated carbocycles. The van der Waals surface area contributed by atoms with Crippen LogP contribution < -0.4 is 16.6 Å². The van der Waals surface area contributed by atoms with Gasteiger partial charge < -0.3 is 5.32 Å². The maximum absolute atomic E-state index is 13.2. The average molecular weight is 421 g/mol. The van der Waals surface area contributed by atoms with Crippen LogP contribution in [0.1, 0.15) is 60.8 Å². The lowest BCUT2D eigenvalue weighted by Crippen LogP contribution is -2.46. The van der Waals surface area contributed by atoms with Crippen LogP contribution >= 0.6 is 0 Å². The quantitative estimate of drug-likeness (QED) is 0.664. The SMILES string of the molecule is Cc1cccc(Cn2c(=O)c(C(=O)NC(C)C)nn(-c3ccc(C(C)C)cc3)c2=O)c1. The van der Waals surface area contributed by atoms with Crippen LogP contribution in [0.25, 0.3) is 5.69 Å². The Labute approximate surface area is 181 Å². The Morgan fingerprint density at radius 1 is 1.03 bits per heavy atom. The van der Waals surface area contributed by atoms with Crippen molar-refractivity contribution in [3.05, 3.63) is 91.8 Å². The van der Waals surface area contributed by atoms with Crippen molar-refractivity contribution < 1.29 is 4.79 Å². The summed E-state index contributed by atoms with van der Waals surface area (Å²) in [7, 11) is 0. The molecule has 0 unspecified atom stereocenters. The predicted octanol–water partition coefficient (Wildman–Crippen LogP) is 3.01. The van der Waals surface area contributed by atoms with Crippen molar-refractivity contribution in [2.24, 2.45) is 0 Å². The van der Waals surface area contributed by atoms with Gasteiger partial charge in [-0.3, -0.25) is 14.2 Å². The molecule has 0 spiro atoms. The molecule has 0 radical (unpaired) electrons. The molecule has 162 valence electrons. The second kappa shape index (κ2) is 9.12. The van der Waals surface area contributed by atoms with E-state index in [-0.39, 0.29) is 18.3 Å². The molecular weight excluding hydrogens is 392 g/mol. The molecule has 0 bridgehead atoms. The highest BCUT2D eigenvalue weighted by atomic mass is 16.2. The molecule has 2 aromatic carbocycles. The van der Waals surface area contributed by atoms with E-state index in [1.807, 2.05) is 43.3 Å². The predicted molar refractivity (Wildman–Crippen MR) is 121 cm³/mol. The molecular formula is C24H28N4O3. The van der Waals surface area contributed by atoms with Crippen LogP contribution in [0.5, 0.6) is 0 Å². The number of carbonyl (C=O) groups is 1. The van der Waals surface area contributed by atoms with Crippen molar-refractivity contribution in [2.75, 3.05) is 0 Å². The largest absolute Gasteiger partial charge is 0.352 e. The highest BCUT2D eigenvalue weighted by Crippen LogP contribution is 2.15. The lowest BCUT2D eigenvalue weighted by Gasteiger charge is -2.14. The monoisotopic (exact) mass is 420 g/mol. The van der Waals surface area contributed by atoms with E-state index in [0.29, 0.717) is 11.6 Å². The van der Waals surface area contributed by atoms with E-state index in [0.717, 1.165) is 25.9 Å². The summed E-state index contributed by atoms with van der Waals surface area (Å²) < 4.78 is 2.18. The molecule has 1 N–H and O–H groups in total. The van der Waals surface area contributed by atoms with E-state index in [1.165, 1.54) is 0 Å². The first-order valence-electron chi connectivity index (χ1n) is 10.4. The number of nitrogens with zero attached hydrogens (tertiary/aromatic N) is 3. The summed E-state index contributed by atoms with van der Waals surface area (Å²) >= 11 is 0. The fraction of sp³-hybridized carbons (Fsp3) is 0.333. The standard InChI is InChI=1S/C24H28N4O3/c1-15(2)19-9-11-20(12-10-19)28-24(31)27(14-18-8-6-7-17(5)13-18)23(30)21(26-28)22(29)25-16(3)4/h6-13,15-16H,14H2,1-5H3,(H,25,29). The van der Waals surface area contributed by atoms with Gasteiger partial charge in [-0.15, -0.1) is 0 Å². The summed E-state index contributed by atoms with van der Waals surface area (Å²) in [6.07, 6.45) is 0. The minimum absolute atomic E-state index is 0.0495. The van der Waals surface area contributed by atoms with E-state index in [2.05, 4.69) is 24.3 Å². The Morgan fingerprint density at radius 3 is 2.29 bits per heavy atom. The van der Waals surface area contributed by atoms with Gasteiger partial charge in [0.1, 0.15) is 0 Å². The van der Waals surface area contributed by atoms with Gasteiger partial charge >= 0.3 is 5.69 Å². The Kier molecular flexibility index (Phi) is 6.53. The number of nitrogens with one attached hydrogen (secondary N) is 1. The van der Waals surface area contributed by atoms with Crippen LogP contribution in [0.15, 0.2) is 58.1 Å². The third-order valence-corrected chi connectivity index (χ3v) is 4.92. The summed E-state index contributed by atoms with van der Waals surface area (Å²) in [6, 6.07) is 14.8. The Morgan fingerprint density at radius 2 is 1.71 bits per heavy atom. The van der Waals surface area contributed by atoms with Gasteiger partial charge in [0.05, 0.1) is 12.2 Å². The van der Waals surface area contributed by atoms with Crippen LogP contribution in [0.2, 0.25) is 0 Å². The smallest absolute Gasteiger partial charge is 0.348 e.